The number of carbonyl (C=O) groups excluding carboxylic acids is 1. The molecule has 0 bridgehead atoms. The fraction of sp³-hybridized carbons (Fsp3) is 0.250. The lowest BCUT2D eigenvalue weighted by Crippen LogP contribution is -2.51. The van der Waals surface area contributed by atoms with E-state index in [-0.39, 0.29) is 23.0 Å². The van der Waals surface area contributed by atoms with Crippen LogP contribution in [0.2, 0.25) is 0 Å². The van der Waals surface area contributed by atoms with Crippen molar-refractivity contribution < 1.29 is 38.1 Å². The molecule has 3 heterocycles. The quantitative estimate of drug-likeness (QED) is 0.176. The second-order valence-electron chi connectivity index (χ2n) is 10.4. The van der Waals surface area contributed by atoms with Gasteiger partial charge in [-0.3, -0.25) is 9.69 Å². The van der Waals surface area contributed by atoms with Gasteiger partial charge in [0.25, 0.3) is 5.91 Å². The fourth-order valence-corrected chi connectivity index (χ4v) is 4.69. The number of carboxylic acids is 1. The summed E-state index contributed by atoms with van der Waals surface area (Å²) in [7, 11) is 0. The van der Waals surface area contributed by atoms with E-state index in [2.05, 4.69) is 21.3 Å². The van der Waals surface area contributed by atoms with E-state index in [0.717, 1.165) is 0 Å². The summed E-state index contributed by atoms with van der Waals surface area (Å²) in [6.07, 6.45) is 0.625. The normalized spacial score (nSPS) is 14.0. The Balaban J connectivity index is 0.000000617. The molecule has 6 N–H and O–H groups in total. The molecule has 240 valence electrons. The first-order valence-corrected chi connectivity index (χ1v) is 14.1. The van der Waals surface area contributed by atoms with Crippen LogP contribution in [0.3, 0.4) is 0 Å². The molecule has 1 saturated heterocycles. The Kier molecular flexibility index (Phi) is 10.5. The lowest BCUT2D eigenvalue weighted by atomic mass is 9.97. The van der Waals surface area contributed by atoms with Crippen LogP contribution in [0, 0.1) is 11.3 Å². The van der Waals surface area contributed by atoms with E-state index in [1.165, 1.54) is 6.26 Å². The fourth-order valence-electron chi connectivity index (χ4n) is 4.69. The topological polar surface area (TPSA) is 189 Å². The summed E-state index contributed by atoms with van der Waals surface area (Å²) in [6, 6.07) is 21.3. The Morgan fingerprint density at radius 2 is 1.78 bits per heavy atom. The number of benzene rings is 2. The number of nitrogens with two attached hydrogens (primary N) is 1. The van der Waals surface area contributed by atoms with Gasteiger partial charge in [-0.1, -0.05) is 24.3 Å². The maximum absolute atomic E-state index is 12.5. The van der Waals surface area contributed by atoms with E-state index in [1.54, 1.807) is 47.4 Å². The van der Waals surface area contributed by atoms with Gasteiger partial charge in [0.2, 0.25) is 0 Å². The van der Waals surface area contributed by atoms with Crippen molar-refractivity contribution in [2.75, 3.05) is 43.8 Å². The highest BCUT2D eigenvalue weighted by Crippen LogP contribution is 2.35. The highest BCUT2D eigenvalue weighted by molar-refractivity contribution is 5.91. The molecule has 0 spiro atoms. The molecular weight excluding hydrogens is 602 g/mol. The van der Waals surface area contributed by atoms with E-state index in [9.17, 15) is 33.8 Å². The van der Waals surface area contributed by atoms with Gasteiger partial charge >= 0.3 is 11.9 Å². The number of hydrogen-bond donors (Lipinski definition) is 5. The van der Waals surface area contributed by atoms with E-state index in [0.29, 0.717) is 73.5 Å². The summed E-state index contributed by atoms with van der Waals surface area (Å²) in [5.74, 6) is -5.35. The van der Waals surface area contributed by atoms with Gasteiger partial charge < -0.3 is 35.7 Å². The molecule has 1 atom stereocenters. The number of aromatic nitrogens is 1. The number of carboxylic acid groups (broad SMARTS) is 1. The number of phenols is 1. The zero-order valence-electron chi connectivity index (χ0n) is 24.7. The predicted octanol–water partition coefficient (Wildman–Crippen LogP) is 4.08. The van der Waals surface area contributed by atoms with E-state index in [1.807, 2.05) is 24.3 Å². The number of aromatic hydroxyl groups is 1. The number of halogens is 2. The summed E-state index contributed by atoms with van der Waals surface area (Å²) >= 11 is 0. The van der Waals surface area contributed by atoms with Crippen molar-refractivity contribution in [1.29, 1.82) is 5.26 Å². The van der Waals surface area contributed by atoms with Crippen molar-refractivity contribution in [3.05, 3.63) is 84.3 Å². The molecule has 46 heavy (non-hydrogen) atoms. The molecule has 2 aromatic carbocycles. The molecule has 5 rings (SSSR count). The summed E-state index contributed by atoms with van der Waals surface area (Å²) in [5.41, 5.74) is 9.25. The summed E-state index contributed by atoms with van der Waals surface area (Å²) < 4.78 is 27.7. The molecule has 1 aliphatic heterocycles. The predicted molar refractivity (Wildman–Crippen MR) is 165 cm³/mol. The number of alkyl halides is 2. The number of aliphatic hydroxyl groups is 1. The summed E-state index contributed by atoms with van der Waals surface area (Å²) in [5, 5.41) is 41.4. The lowest BCUT2D eigenvalue weighted by molar-refractivity contribution is -0.161. The number of rotatable bonds is 8. The van der Waals surface area contributed by atoms with E-state index in [4.69, 9.17) is 15.3 Å². The van der Waals surface area contributed by atoms with Crippen molar-refractivity contribution in [2.24, 2.45) is 0 Å². The molecule has 0 aliphatic carbocycles. The molecule has 14 heteroatoms. The second-order valence-corrected chi connectivity index (χ2v) is 10.4. The number of β-amino-alcohol motifs (C(OH)–C–C–N with tert-alkyl or cyclic N) is 1. The third-order valence-corrected chi connectivity index (χ3v) is 7.04. The minimum absolute atomic E-state index is 0.0600. The molecule has 1 amide bonds. The van der Waals surface area contributed by atoms with Crippen molar-refractivity contribution in [1.82, 2.24) is 14.8 Å². The van der Waals surface area contributed by atoms with Gasteiger partial charge in [0.15, 0.2) is 5.76 Å². The number of anilines is 2. The van der Waals surface area contributed by atoms with Crippen molar-refractivity contribution in [2.45, 2.75) is 19.1 Å². The van der Waals surface area contributed by atoms with Crippen LogP contribution in [0.25, 0.3) is 22.4 Å². The molecule has 2 aromatic heterocycles. The van der Waals surface area contributed by atoms with Gasteiger partial charge in [-0.25, -0.2) is 9.78 Å². The average molecular weight is 635 g/mol. The SMILES string of the molecule is CC(F)(F)C(=O)O.N#Cc1c(-c2cccc(NC(O)CN3CCN(C(=O)c4ccco4)CC3)c2)cc(-c2ccccc2O)nc1N. The number of furan rings is 1. The highest BCUT2D eigenvalue weighted by atomic mass is 19.3. The molecule has 4 aromatic rings. The van der Waals surface area contributed by atoms with Gasteiger partial charge in [0, 0.05) is 56.5 Å². The Hall–Kier alpha value is -5.52. The molecule has 1 fully saturated rings. The van der Waals surface area contributed by atoms with Gasteiger partial charge in [-0.05, 0) is 48.0 Å². The molecule has 1 unspecified atom stereocenters. The van der Waals surface area contributed by atoms with Crippen LogP contribution in [0.1, 0.15) is 23.0 Å². The number of nitriles is 1. The minimum atomic E-state index is -3.58. The number of pyridine rings is 1. The maximum Gasteiger partial charge on any atom is 0.374 e. The molecule has 1 aliphatic rings. The van der Waals surface area contributed by atoms with Gasteiger partial charge in [-0.2, -0.15) is 14.0 Å². The first-order valence-electron chi connectivity index (χ1n) is 14.1. The zero-order chi connectivity index (χ0) is 33.4. The van der Waals surface area contributed by atoms with Gasteiger partial charge in [0.1, 0.15) is 29.4 Å². The number of para-hydroxylation sites is 1. The molecule has 0 saturated carbocycles. The third kappa shape index (κ3) is 8.35. The Bertz CT molecular complexity index is 1710. The van der Waals surface area contributed by atoms with Crippen LogP contribution in [0.15, 0.2) is 77.4 Å². The van der Waals surface area contributed by atoms with Crippen LogP contribution in [0.4, 0.5) is 20.3 Å². The maximum atomic E-state index is 12.5. The summed E-state index contributed by atoms with van der Waals surface area (Å²) in [4.78, 5) is 29.9. The van der Waals surface area contributed by atoms with Crippen molar-refractivity contribution in [3.63, 3.8) is 0 Å². The zero-order valence-corrected chi connectivity index (χ0v) is 24.7. The minimum Gasteiger partial charge on any atom is -0.507 e. The lowest BCUT2D eigenvalue weighted by Gasteiger charge is -2.35. The smallest absolute Gasteiger partial charge is 0.374 e. The van der Waals surface area contributed by atoms with Crippen molar-refractivity contribution >= 4 is 23.4 Å². The number of nitrogens with one attached hydrogen (secondary N) is 1. The average Bonchev–Trinajstić information content (AvgIpc) is 3.56. The van der Waals surface area contributed by atoms with Crippen molar-refractivity contribution in [3.8, 4) is 34.2 Å². The van der Waals surface area contributed by atoms with Crippen LogP contribution in [0.5, 0.6) is 5.75 Å². The first-order chi connectivity index (χ1) is 21.9. The number of carbonyl (C=O) groups is 2. The number of hydrogen-bond acceptors (Lipinski definition) is 10. The van der Waals surface area contributed by atoms with Gasteiger partial charge in [-0.15, -0.1) is 0 Å². The Morgan fingerprint density at radius 1 is 1.09 bits per heavy atom. The van der Waals surface area contributed by atoms with Crippen LogP contribution in [-0.4, -0.2) is 86.9 Å². The molecule has 0 radical (unpaired) electrons. The van der Waals surface area contributed by atoms with Gasteiger partial charge in [0.05, 0.1) is 12.0 Å². The standard InChI is InChI=1S/C29H28N6O4.C3H4F2O2/c30-17-23-22(16-24(33-28(23)31)21-7-1-2-8-25(21)36)19-5-3-6-20(15-19)32-27(37)18-34-10-12-35(13-11-34)29(38)26-9-4-14-39-26;1-3(4,5)2(6)7/h1-9,14-16,27,32,36-37H,10-13,18H2,(H2,31,33);1H3,(H,6,7). The third-order valence-electron chi connectivity index (χ3n) is 7.04. The number of aliphatic hydroxyl groups excluding tert-OH is 1. The molecule has 12 nitrogen and oxygen atoms in total. The Morgan fingerprint density at radius 3 is 2.39 bits per heavy atom. The number of nitrogen functional groups attached to an aromatic ring is 1. The first kappa shape index (κ1) is 33.4. The Labute approximate surface area is 262 Å². The number of phenolic OH excluding ortho intramolecular Hbond substituents is 1. The van der Waals surface area contributed by atoms with Crippen LogP contribution < -0.4 is 11.1 Å². The monoisotopic (exact) mass is 634 g/mol. The summed E-state index contributed by atoms with van der Waals surface area (Å²) in [6.45, 7) is 3.04. The number of nitrogens with zero attached hydrogens (tertiary/aromatic N) is 4. The number of piperazine rings is 1. The molecular formula is C32H32F2N6O6. The largest absolute Gasteiger partial charge is 0.507 e. The highest BCUT2D eigenvalue weighted by Gasteiger charge is 2.31. The second kappa shape index (κ2) is 14.5. The van der Waals surface area contributed by atoms with E-state index < -0.39 is 18.1 Å². The van der Waals surface area contributed by atoms with Crippen LogP contribution in [-0.2, 0) is 4.79 Å². The number of aliphatic carboxylic acids is 1. The van der Waals surface area contributed by atoms with E-state index >= 15 is 0 Å². The van der Waals surface area contributed by atoms with Crippen LogP contribution >= 0.6 is 0 Å². The number of amides is 1.